The number of rotatable bonds is 2. The smallest absolute Gasteiger partial charge is 0.248 e. The van der Waals surface area contributed by atoms with Crippen molar-refractivity contribution in [2.45, 2.75) is 34.1 Å². The van der Waals surface area contributed by atoms with Gasteiger partial charge in [0, 0.05) is 11.8 Å². The van der Waals surface area contributed by atoms with Gasteiger partial charge >= 0.3 is 0 Å². The van der Waals surface area contributed by atoms with Gasteiger partial charge in [-0.3, -0.25) is 4.79 Å². The van der Waals surface area contributed by atoms with Gasteiger partial charge in [0.05, 0.1) is 0 Å². The number of aryl methyl sites for hydroxylation is 1. The minimum atomic E-state index is -0.0367. The van der Waals surface area contributed by atoms with Gasteiger partial charge in [-0.2, -0.15) is 0 Å². The number of hydrogen-bond acceptors (Lipinski definition) is 1. The van der Waals surface area contributed by atoms with E-state index in [0.29, 0.717) is 5.41 Å². The second-order valence-electron chi connectivity index (χ2n) is 5.14. The Morgan fingerprint density at radius 3 is 2.53 bits per heavy atom. The quantitative estimate of drug-likeness (QED) is 0.790. The van der Waals surface area contributed by atoms with E-state index < -0.39 is 0 Å². The molecule has 0 fully saturated rings. The Morgan fingerprint density at radius 1 is 1.33 bits per heavy atom. The van der Waals surface area contributed by atoms with Crippen LogP contribution >= 0.6 is 0 Å². The molecule has 0 amide bonds. The Balaban J connectivity index is 2.77. The van der Waals surface area contributed by atoms with Gasteiger partial charge < -0.3 is 4.98 Å². The number of allylic oxidation sites excluding steroid dienone is 1. The van der Waals surface area contributed by atoms with Crippen LogP contribution in [0.15, 0.2) is 23.0 Å². The first-order valence-electron chi connectivity index (χ1n) is 5.24. The maximum atomic E-state index is 11.2. The van der Waals surface area contributed by atoms with Gasteiger partial charge in [0.25, 0.3) is 0 Å². The number of hydrogen-bond donors (Lipinski definition) is 1. The zero-order valence-corrected chi connectivity index (χ0v) is 9.92. The molecular formula is C13H19NO. The van der Waals surface area contributed by atoms with Crippen molar-refractivity contribution < 1.29 is 0 Å². The molecule has 2 heteroatoms. The molecule has 0 saturated carbocycles. The third kappa shape index (κ3) is 4.63. The molecule has 0 aromatic carbocycles. The third-order valence-corrected chi connectivity index (χ3v) is 2.04. The molecule has 1 N–H and O–H groups in total. The molecule has 0 radical (unpaired) electrons. The van der Waals surface area contributed by atoms with Gasteiger partial charge in [0.15, 0.2) is 0 Å². The zero-order valence-electron chi connectivity index (χ0n) is 9.92. The van der Waals surface area contributed by atoms with Crippen LogP contribution < -0.4 is 5.56 Å². The van der Waals surface area contributed by atoms with E-state index >= 15 is 0 Å². The molecule has 0 atom stereocenters. The van der Waals surface area contributed by atoms with Crippen LogP contribution in [0.2, 0.25) is 0 Å². The fraction of sp³-hybridized carbons (Fsp3) is 0.462. The summed E-state index contributed by atoms with van der Waals surface area (Å²) in [5.74, 6) is 0. The summed E-state index contributed by atoms with van der Waals surface area (Å²) in [5.41, 5.74) is 2.13. The largest absolute Gasteiger partial charge is 0.323 e. The molecule has 2 nitrogen and oxygen atoms in total. The van der Waals surface area contributed by atoms with E-state index in [0.717, 1.165) is 17.7 Å². The number of aromatic nitrogens is 1. The highest BCUT2D eigenvalue weighted by Crippen LogP contribution is 2.19. The summed E-state index contributed by atoms with van der Waals surface area (Å²) >= 11 is 0. The van der Waals surface area contributed by atoms with Gasteiger partial charge in [-0.15, -0.1) is 0 Å². The first kappa shape index (κ1) is 11.8. The molecule has 1 rings (SSSR count). The highest BCUT2D eigenvalue weighted by atomic mass is 16.1. The molecule has 0 bridgehead atoms. The topological polar surface area (TPSA) is 32.9 Å². The van der Waals surface area contributed by atoms with Gasteiger partial charge in [0.1, 0.15) is 0 Å². The molecule has 1 heterocycles. The van der Waals surface area contributed by atoms with Crippen LogP contribution in [0.25, 0.3) is 6.08 Å². The minimum absolute atomic E-state index is 0.0367. The Morgan fingerprint density at radius 2 is 2.00 bits per heavy atom. The Kier molecular flexibility index (Phi) is 3.51. The van der Waals surface area contributed by atoms with Gasteiger partial charge in [0.2, 0.25) is 5.56 Å². The zero-order chi connectivity index (χ0) is 11.5. The normalized spacial score (nSPS) is 12.3. The summed E-state index contributed by atoms with van der Waals surface area (Å²) in [6, 6.07) is 3.57. The van der Waals surface area contributed by atoms with Crippen molar-refractivity contribution in [3.8, 4) is 0 Å². The summed E-state index contributed by atoms with van der Waals surface area (Å²) in [6.45, 7) is 8.50. The second-order valence-corrected chi connectivity index (χ2v) is 5.14. The predicted molar refractivity (Wildman–Crippen MR) is 64.9 cm³/mol. The van der Waals surface area contributed by atoms with E-state index in [1.165, 1.54) is 0 Å². The van der Waals surface area contributed by atoms with E-state index in [9.17, 15) is 4.79 Å². The molecule has 82 valence electrons. The summed E-state index contributed by atoms with van der Waals surface area (Å²) in [6.07, 6.45) is 5.08. The number of H-pyrrole nitrogens is 1. The molecule has 0 aliphatic carbocycles. The SMILES string of the molecule is Cc1cc(/C=C/CC(C)(C)C)[nH]c(=O)c1. The van der Waals surface area contributed by atoms with E-state index in [-0.39, 0.29) is 5.56 Å². The molecule has 0 aliphatic rings. The summed E-state index contributed by atoms with van der Waals surface area (Å²) in [4.78, 5) is 14.0. The summed E-state index contributed by atoms with van der Waals surface area (Å²) < 4.78 is 0. The van der Waals surface area contributed by atoms with E-state index in [1.54, 1.807) is 6.07 Å². The standard InChI is InChI=1S/C13H19NO/c1-10-8-11(14-12(15)9-10)6-5-7-13(2,3)4/h5-6,8-9H,7H2,1-4H3,(H,14,15)/b6-5+. The Bertz CT molecular complexity index is 407. The fourth-order valence-corrected chi connectivity index (χ4v) is 1.34. The van der Waals surface area contributed by atoms with Crippen molar-refractivity contribution in [1.82, 2.24) is 4.98 Å². The van der Waals surface area contributed by atoms with E-state index in [4.69, 9.17) is 0 Å². The van der Waals surface area contributed by atoms with Crippen LogP contribution in [0, 0.1) is 12.3 Å². The lowest BCUT2D eigenvalue weighted by Crippen LogP contribution is -2.06. The molecular weight excluding hydrogens is 186 g/mol. The first-order chi connectivity index (χ1) is 6.87. The second kappa shape index (κ2) is 4.47. The van der Waals surface area contributed by atoms with Crippen molar-refractivity contribution in [3.05, 3.63) is 39.8 Å². The predicted octanol–water partition coefficient (Wildman–Crippen LogP) is 3.13. The third-order valence-electron chi connectivity index (χ3n) is 2.04. The molecule has 0 unspecified atom stereocenters. The van der Waals surface area contributed by atoms with Crippen molar-refractivity contribution in [2.24, 2.45) is 5.41 Å². The molecule has 0 spiro atoms. The highest BCUT2D eigenvalue weighted by Gasteiger charge is 2.06. The molecule has 0 saturated heterocycles. The molecule has 1 aromatic heterocycles. The number of pyridine rings is 1. The van der Waals surface area contributed by atoms with Crippen molar-refractivity contribution >= 4 is 6.08 Å². The van der Waals surface area contributed by atoms with Crippen LogP contribution in [0.3, 0.4) is 0 Å². The summed E-state index contributed by atoms with van der Waals surface area (Å²) in [7, 11) is 0. The maximum Gasteiger partial charge on any atom is 0.248 e. The Hall–Kier alpha value is -1.31. The van der Waals surface area contributed by atoms with Gasteiger partial charge in [-0.05, 0) is 36.5 Å². The first-order valence-corrected chi connectivity index (χ1v) is 5.24. The number of nitrogens with one attached hydrogen (secondary N) is 1. The molecule has 15 heavy (non-hydrogen) atoms. The maximum absolute atomic E-state index is 11.2. The fourth-order valence-electron chi connectivity index (χ4n) is 1.34. The van der Waals surface area contributed by atoms with Crippen molar-refractivity contribution in [3.63, 3.8) is 0 Å². The lowest BCUT2D eigenvalue weighted by molar-refractivity contribution is 0.421. The molecule has 0 aliphatic heterocycles. The van der Waals surface area contributed by atoms with Crippen LogP contribution in [0.5, 0.6) is 0 Å². The lowest BCUT2D eigenvalue weighted by atomic mass is 9.92. The van der Waals surface area contributed by atoms with E-state index in [2.05, 4.69) is 31.8 Å². The van der Waals surface area contributed by atoms with Crippen LogP contribution in [-0.2, 0) is 0 Å². The minimum Gasteiger partial charge on any atom is -0.323 e. The van der Waals surface area contributed by atoms with E-state index in [1.807, 2.05) is 19.1 Å². The average Bonchev–Trinajstić information content (AvgIpc) is 1.99. The number of aromatic amines is 1. The Labute approximate surface area is 91.0 Å². The lowest BCUT2D eigenvalue weighted by Gasteiger charge is -2.14. The molecule has 1 aromatic rings. The highest BCUT2D eigenvalue weighted by molar-refractivity contribution is 5.45. The van der Waals surface area contributed by atoms with Crippen LogP contribution in [0.1, 0.15) is 38.4 Å². The van der Waals surface area contributed by atoms with Crippen LogP contribution in [0.4, 0.5) is 0 Å². The van der Waals surface area contributed by atoms with Crippen molar-refractivity contribution in [2.75, 3.05) is 0 Å². The average molecular weight is 205 g/mol. The van der Waals surface area contributed by atoms with Gasteiger partial charge in [-0.25, -0.2) is 0 Å². The monoisotopic (exact) mass is 205 g/mol. The van der Waals surface area contributed by atoms with Gasteiger partial charge in [-0.1, -0.05) is 26.8 Å². The van der Waals surface area contributed by atoms with Crippen LogP contribution in [-0.4, -0.2) is 4.98 Å². The van der Waals surface area contributed by atoms with Crippen molar-refractivity contribution in [1.29, 1.82) is 0 Å². The summed E-state index contributed by atoms with van der Waals surface area (Å²) in [5, 5.41) is 0.